The number of hydrogen-bond donors (Lipinski definition) is 0. The average Bonchev–Trinajstić information content (AvgIpc) is 1.41. The van der Waals surface area contributed by atoms with E-state index in [4.69, 9.17) is 0 Å². The van der Waals surface area contributed by atoms with Crippen molar-refractivity contribution in [3.63, 3.8) is 0 Å². The Kier molecular flexibility index (Phi) is 6.17. The quantitative estimate of drug-likeness (QED) is 0.416. The summed E-state index contributed by atoms with van der Waals surface area (Å²) in [5.41, 5.74) is 0. The van der Waals surface area contributed by atoms with Gasteiger partial charge < -0.3 is 0 Å². The van der Waals surface area contributed by atoms with E-state index in [9.17, 15) is 0 Å². The zero-order valence-corrected chi connectivity index (χ0v) is 5.11. The summed E-state index contributed by atoms with van der Waals surface area (Å²) < 4.78 is 0. The van der Waals surface area contributed by atoms with Gasteiger partial charge in [-0.25, -0.2) is 0 Å². The molecule has 0 aliphatic heterocycles. The summed E-state index contributed by atoms with van der Waals surface area (Å²) in [5, 5.41) is 0. The van der Waals surface area contributed by atoms with Crippen molar-refractivity contribution in [3.05, 3.63) is 0 Å². The normalized spacial score (nSPS) is 7.60. The van der Waals surface area contributed by atoms with Crippen LogP contribution in [0.4, 0.5) is 0 Å². The molecule has 0 aliphatic carbocycles. The van der Waals surface area contributed by atoms with Gasteiger partial charge in [0.25, 0.3) is 0 Å². The van der Waals surface area contributed by atoms with Crippen LogP contribution in [-0.4, -0.2) is 10.7 Å². The van der Waals surface area contributed by atoms with E-state index >= 15 is 0 Å². The molecule has 0 atom stereocenters. The zero-order valence-electron chi connectivity index (χ0n) is 2.43. The third kappa shape index (κ3) is 5.08. The van der Waals surface area contributed by atoms with E-state index in [1.807, 2.05) is 0 Å². The Hall–Kier alpha value is 1.08. The molecule has 0 fully saturated rings. The fraction of sp³-hybridized carbons (Fsp3) is 0.500. The van der Waals surface area contributed by atoms with Gasteiger partial charge in [-0.15, -0.1) is 0 Å². The SMILES string of the molecule is [S-]SC[CH]=[Co]. The molecule has 33 valence electrons. The van der Waals surface area contributed by atoms with E-state index in [1.165, 1.54) is 10.8 Å². The molecule has 5 heavy (non-hydrogen) atoms. The molecule has 0 bridgehead atoms. The third-order valence-electron chi connectivity index (χ3n) is 0.124. The maximum absolute atomic E-state index is 4.49. The third-order valence-corrected chi connectivity index (χ3v) is 1.30. The van der Waals surface area contributed by atoms with Gasteiger partial charge in [0.2, 0.25) is 0 Å². The van der Waals surface area contributed by atoms with Crippen LogP contribution >= 0.6 is 10.8 Å². The molecule has 0 aromatic rings. The van der Waals surface area contributed by atoms with Crippen LogP contribution in [0, 0.1) is 0 Å². The zero-order chi connectivity index (χ0) is 4.12. The van der Waals surface area contributed by atoms with Crippen LogP contribution in [0.2, 0.25) is 0 Å². The van der Waals surface area contributed by atoms with Crippen molar-refractivity contribution in [2.75, 3.05) is 5.75 Å². The molecule has 0 nitrogen and oxygen atoms in total. The number of rotatable bonds is 2. The van der Waals surface area contributed by atoms with Gasteiger partial charge >= 0.3 is 48.5 Å². The van der Waals surface area contributed by atoms with Gasteiger partial charge in [-0.1, -0.05) is 0 Å². The molecule has 0 aromatic carbocycles. The summed E-state index contributed by atoms with van der Waals surface area (Å²) in [7, 11) is 1.35. The van der Waals surface area contributed by atoms with Crippen LogP contribution in [-0.2, 0) is 27.0 Å². The summed E-state index contributed by atoms with van der Waals surface area (Å²) in [6, 6.07) is 0. The molecule has 0 unspecified atom stereocenters. The first-order chi connectivity index (χ1) is 2.41. The van der Waals surface area contributed by atoms with Crippen molar-refractivity contribution in [2.45, 2.75) is 0 Å². The molecule has 0 radical (unpaired) electrons. The predicted octanol–water partition coefficient (Wildman–Crippen LogP) is 0.530. The van der Waals surface area contributed by atoms with Crippen molar-refractivity contribution >= 4 is 27.4 Å². The molecule has 3 heteroatoms. The van der Waals surface area contributed by atoms with Crippen LogP contribution in [0.15, 0.2) is 0 Å². The molecule has 0 spiro atoms. The summed E-state index contributed by atoms with van der Waals surface area (Å²) in [4.78, 5) is 1.73. The number of hydrogen-bond acceptors (Lipinski definition) is 2. The van der Waals surface area contributed by atoms with Crippen LogP contribution in [0.5, 0.6) is 0 Å². The van der Waals surface area contributed by atoms with E-state index in [-0.39, 0.29) is 0 Å². The van der Waals surface area contributed by atoms with Crippen molar-refractivity contribution in [1.82, 2.24) is 0 Å². The maximum atomic E-state index is 4.49. The Labute approximate surface area is 48.7 Å². The monoisotopic (exact) mass is 150 g/mol. The molecule has 0 heterocycles. The Balaban J connectivity index is 2.40. The van der Waals surface area contributed by atoms with E-state index in [0.717, 1.165) is 5.75 Å². The fourth-order valence-electron chi connectivity index (χ4n) is 0.0227. The van der Waals surface area contributed by atoms with Crippen molar-refractivity contribution in [2.24, 2.45) is 0 Å². The first kappa shape index (κ1) is 6.08. The second-order valence-electron chi connectivity index (χ2n) is 0.421. The van der Waals surface area contributed by atoms with Gasteiger partial charge in [-0.05, 0) is 0 Å². The van der Waals surface area contributed by atoms with E-state index < -0.39 is 0 Å². The van der Waals surface area contributed by atoms with Crippen molar-refractivity contribution < 1.29 is 15.3 Å². The minimum absolute atomic E-state index is 0.856. The minimum atomic E-state index is 0.856. The van der Waals surface area contributed by atoms with E-state index in [2.05, 4.69) is 27.0 Å². The first-order valence-corrected chi connectivity index (χ1v) is 3.57. The van der Waals surface area contributed by atoms with Crippen LogP contribution in [0.1, 0.15) is 0 Å². The summed E-state index contributed by atoms with van der Waals surface area (Å²) in [6.07, 6.45) is 0. The molecule has 0 saturated carbocycles. The summed E-state index contributed by atoms with van der Waals surface area (Å²) in [6.45, 7) is 0. The fourth-order valence-corrected chi connectivity index (χ4v) is 0.842. The van der Waals surface area contributed by atoms with Gasteiger partial charge in [-0.2, -0.15) is 0 Å². The van der Waals surface area contributed by atoms with E-state index in [0.29, 0.717) is 0 Å². The van der Waals surface area contributed by atoms with Gasteiger partial charge in [0.05, 0.1) is 0 Å². The molecular weight excluding hydrogens is 147 g/mol. The molecule has 0 N–H and O–H groups in total. The van der Waals surface area contributed by atoms with Crippen LogP contribution < -0.4 is 0 Å². The second kappa shape index (κ2) is 5.08. The van der Waals surface area contributed by atoms with Crippen molar-refractivity contribution in [3.8, 4) is 0 Å². The molecule has 0 aromatic heterocycles. The topological polar surface area (TPSA) is 0 Å². The molecule has 0 amide bonds. The van der Waals surface area contributed by atoms with Gasteiger partial charge in [0.1, 0.15) is 0 Å². The molecule has 0 saturated heterocycles. The average molecular weight is 150 g/mol. The Morgan fingerprint density at radius 1 is 2.00 bits per heavy atom. The molecular formula is C2H3CoS2-. The first-order valence-electron chi connectivity index (χ1n) is 1.06. The Morgan fingerprint density at radius 2 is 2.60 bits per heavy atom. The molecule has 0 rings (SSSR count). The van der Waals surface area contributed by atoms with Crippen LogP contribution in [0.3, 0.4) is 0 Å². The summed E-state index contributed by atoms with van der Waals surface area (Å²) >= 11 is 8.32. The van der Waals surface area contributed by atoms with Crippen LogP contribution in [0.25, 0.3) is 0 Å². The standard InChI is InChI=1S/C2H4S2.Co/c1-2-4-3;/h1,3H,2H2;/p-1. The summed E-state index contributed by atoms with van der Waals surface area (Å²) in [5.74, 6) is 0.856. The van der Waals surface area contributed by atoms with Gasteiger partial charge in [0, 0.05) is 0 Å². The predicted molar refractivity (Wildman–Crippen MR) is 25.9 cm³/mol. The Morgan fingerprint density at radius 3 is 2.60 bits per heavy atom. The van der Waals surface area contributed by atoms with Gasteiger partial charge in [0.15, 0.2) is 0 Å². The second-order valence-corrected chi connectivity index (χ2v) is 2.12. The van der Waals surface area contributed by atoms with E-state index in [1.54, 1.807) is 4.96 Å². The van der Waals surface area contributed by atoms with Gasteiger partial charge in [-0.3, -0.25) is 0 Å². The Bertz CT molecular complexity index is 28.8. The molecule has 0 aliphatic rings. The van der Waals surface area contributed by atoms with Crippen molar-refractivity contribution in [1.29, 1.82) is 0 Å².